The fourth-order valence-corrected chi connectivity index (χ4v) is 2.87. The third kappa shape index (κ3) is 3.53. The Morgan fingerprint density at radius 1 is 1.59 bits per heavy atom. The van der Waals surface area contributed by atoms with Crippen molar-refractivity contribution in [2.75, 3.05) is 13.7 Å². The third-order valence-corrected chi connectivity index (χ3v) is 3.93. The van der Waals surface area contributed by atoms with E-state index in [0.717, 1.165) is 5.69 Å². The highest BCUT2D eigenvalue weighted by Crippen LogP contribution is 2.13. The minimum Gasteiger partial charge on any atom is -0.383 e. The van der Waals surface area contributed by atoms with Crippen molar-refractivity contribution >= 4 is 10.0 Å². The van der Waals surface area contributed by atoms with Crippen molar-refractivity contribution in [3.8, 4) is 0 Å². The van der Waals surface area contributed by atoms with Crippen LogP contribution in [0.25, 0.3) is 0 Å². The smallest absolute Gasteiger partial charge is 0.242 e. The zero-order valence-electron chi connectivity index (χ0n) is 10.3. The van der Waals surface area contributed by atoms with Gasteiger partial charge < -0.3 is 15.0 Å². The Kier molecular flexibility index (Phi) is 4.70. The second-order valence-electron chi connectivity index (χ2n) is 3.96. The van der Waals surface area contributed by atoms with Gasteiger partial charge in [0.05, 0.1) is 11.5 Å². The van der Waals surface area contributed by atoms with Gasteiger partial charge in [-0.15, -0.1) is 0 Å². The molecule has 0 radical (unpaired) electrons. The molecule has 6 nitrogen and oxygen atoms in total. The van der Waals surface area contributed by atoms with Gasteiger partial charge in [0.2, 0.25) is 10.0 Å². The van der Waals surface area contributed by atoms with E-state index in [-0.39, 0.29) is 10.9 Å². The Balaban J connectivity index is 2.89. The first-order valence-corrected chi connectivity index (χ1v) is 6.75. The first-order valence-electron chi connectivity index (χ1n) is 5.27. The lowest BCUT2D eigenvalue weighted by Crippen LogP contribution is -2.35. The van der Waals surface area contributed by atoms with E-state index in [2.05, 4.69) is 4.72 Å². The topological polar surface area (TPSA) is 86.3 Å². The molecule has 17 heavy (non-hydrogen) atoms. The van der Waals surface area contributed by atoms with Crippen molar-refractivity contribution in [1.82, 2.24) is 9.29 Å². The number of ether oxygens (including phenoxy) is 1. The number of sulfonamides is 1. The quantitative estimate of drug-likeness (QED) is 0.742. The lowest BCUT2D eigenvalue weighted by atomic mass is 10.4. The maximum atomic E-state index is 12.0. The molecule has 0 aliphatic heterocycles. The fraction of sp³-hybridized carbons (Fsp3) is 0.600. The van der Waals surface area contributed by atoms with Crippen LogP contribution in [0.15, 0.2) is 17.2 Å². The standard InChI is InChI=1S/C10H19N3O3S/c1-8(7-16-3)12-17(14,15)10-4-9(5-11)13(2)6-10/h4,6,8,12H,5,7,11H2,1-3H3. The van der Waals surface area contributed by atoms with Gasteiger partial charge in [-0.1, -0.05) is 0 Å². The molecule has 0 amide bonds. The molecular weight excluding hydrogens is 242 g/mol. The van der Waals surface area contributed by atoms with Crippen molar-refractivity contribution < 1.29 is 13.2 Å². The fourth-order valence-electron chi connectivity index (χ4n) is 1.54. The van der Waals surface area contributed by atoms with Gasteiger partial charge in [-0.3, -0.25) is 0 Å². The number of hydrogen-bond acceptors (Lipinski definition) is 4. The molecule has 0 bridgehead atoms. The van der Waals surface area contributed by atoms with Crippen LogP contribution in [-0.4, -0.2) is 32.7 Å². The van der Waals surface area contributed by atoms with Crippen molar-refractivity contribution in [2.45, 2.75) is 24.4 Å². The normalized spacial score (nSPS) is 13.9. The van der Waals surface area contributed by atoms with Crippen LogP contribution in [0.1, 0.15) is 12.6 Å². The molecule has 1 heterocycles. The van der Waals surface area contributed by atoms with Crippen LogP contribution >= 0.6 is 0 Å². The Morgan fingerprint density at radius 3 is 2.71 bits per heavy atom. The minimum atomic E-state index is -3.50. The molecule has 0 spiro atoms. The number of rotatable bonds is 6. The zero-order valence-corrected chi connectivity index (χ0v) is 11.1. The zero-order chi connectivity index (χ0) is 13.1. The summed E-state index contributed by atoms with van der Waals surface area (Å²) in [4.78, 5) is 0.225. The summed E-state index contributed by atoms with van der Waals surface area (Å²) in [5.74, 6) is 0. The van der Waals surface area contributed by atoms with Gasteiger partial charge in [0.25, 0.3) is 0 Å². The Bertz CT molecular complexity index is 467. The van der Waals surface area contributed by atoms with E-state index in [9.17, 15) is 8.42 Å². The highest BCUT2D eigenvalue weighted by Gasteiger charge is 2.19. The maximum Gasteiger partial charge on any atom is 0.242 e. The van der Waals surface area contributed by atoms with E-state index in [0.29, 0.717) is 13.2 Å². The monoisotopic (exact) mass is 261 g/mol. The SMILES string of the molecule is COCC(C)NS(=O)(=O)c1cc(CN)n(C)c1. The van der Waals surface area contributed by atoms with Crippen molar-refractivity contribution in [1.29, 1.82) is 0 Å². The molecule has 3 N–H and O–H groups in total. The predicted octanol–water partition coefficient (Wildman–Crippen LogP) is -0.203. The first kappa shape index (κ1) is 14.2. The average molecular weight is 261 g/mol. The number of methoxy groups -OCH3 is 1. The molecule has 1 rings (SSSR count). The summed E-state index contributed by atoms with van der Waals surface area (Å²) in [6.45, 7) is 2.38. The number of nitrogens with two attached hydrogens (primary N) is 1. The molecule has 7 heteroatoms. The third-order valence-electron chi connectivity index (χ3n) is 2.38. The van der Waals surface area contributed by atoms with Crippen molar-refractivity contribution in [3.63, 3.8) is 0 Å². The number of aromatic nitrogens is 1. The van der Waals surface area contributed by atoms with E-state index in [1.165, 1.54) is 7.11 Å². The lowest BCUT2D eigenvalue weighted by Gasteiger charge is -2.11. The minimum absolute atomic E-state index is 0.225. The van der Waals surface area contributed by atoms with Gasteiger partial charge in [0.1, 0.15) is 0 Å². The molecule has 1 aromatic heterocycles. The second kappa shape index (κ2) is 5.63. The van der Waals surface area contributed by atoms with Crippen LogP contribution in [0.5, 0.6) is 0 Å². The predicted molar refractivity (Wildman–Crippen MR) is 65.0 cm³/mol. The van der Waals surface area contributed by atoms with Gasteiger partial charge >= 0.3 is 0 Å². The van der Waals surface area contributed by atoms with Gasteiger partial charge in [-0.2, -0.15) is 0 Å². The molecule has 0 fully saturated rings. The molecule has 0 saturated carbocycles. The van der Waals surface area contributed by atoms with Gasteiger partial charge in [-0.05, 0) is 13.0 Å². The summed E-state index contributed by atoms with van der Waals surface area (Å²) in [7, 11) is -0.209. The lowest BCUT2D eigenvalue weighted by molar-refractivity contribution is 0.180. The molecule has 98 valence electrons. The molecular formula is C10H19N3O3S. The summed E-state index contributed by atoms with van der Waals surface area (Å²) in [5, 5.41) is 0. The molecule has 1 unspecified atom stereocenters. The second-order valence-corrected chi connectivity index (χ2v) is 5.67. The van der Waals surface area contributed by atoms with E-state index < -0.39 is 10.0 Å². The van der Waals surface area contributed by atoms with E-state index in [1.54, 1.807) is 30.8 Å². The summed E-state index contributed by atoms with van der Waals surface area (Å²) in [5.41, 5.74) is 6.27. The molecule has 0 aromatic carbocycles. The first-order chi connectivity index (χ1) is 7.90. The average Bonchev–Trinajstić information content (AvgIpc) is 2.59. The van der Waals surface area contributed by atoms with Gasteiger partial charge in [0.15, 0.2) is 0 Å². The summed E-state index contributed by atoms with van der Waals surface area (Å²) in [6.07, 6.45) is 1.55. The van der Waals surface area contributed by atoms with Gasteiger partial charge in [0, 0.05) is 38.6 Å². The van der Waals surface area contributed by atoms with Crippen molar-refractivity contribution in [3.05, 3.63) is 18.0 Å². The van der Waals surface area contributed by atoms with Crippen LogP contribution in [0.4, 0.5) is 0 Å². The van der Waals surface area contributed by atoms with Crippen molar-refractivity contribution in [2.24, 2.45) is 12.8 Å². The van der Waals surface area contributed by atoms with E-state index >= 15 is 0 Å². The maximum absolute atomic E-state index is 12.0. The number of aryl methyl sites for hydroxylation is 1. The number of nitrogens with zero attached hydrogens (tertiary/aromatic N) is 1. The van der Waals surface area contributed by atoms with Crippen LogP contribution in [0.3, 0.4) is 0 Å². The summed E-state index contributed by atoms with van der Waals surface area (Å²) in [6, 6.07) is 1.30. The molecule has 0 aliphatic carbocycles. The molecule has 0 saturated heterocycles. The molecule has 0 aliphatic rings. The Hall–Kier alpha value is -0.890. The summed E-state index contributed by atoms with van der Waals surface area (Å²) < 4.78 is 33.1. The Morgan fingerprint density at radius 2 is 2.24 bits per heavy atom. The van der Waals surface area contributed by atoms with Gasteiger partial charge in [-0.25, -0.2) is 13.1 Å². The highest BCUT2D eigenvalue weighted by molar-refractivity contribution is 7.89. The molecule has 1 atom stereocenters. The van der Waals surface area contributed by atoms with Crippen LogP contribution < -0.4 is 10.5 Å². The van der Waals surface area contributed by atoms with Crippen LogP contribution in [0.2, 0.25) is 0 Å². The number of nitrogens with one attached hydrogen (secondary N) is 1. The van der Waals surface area contributed by atoms with Crippen LogP contribution in [0, 0.1) is 0 Å². The Labute approximate surface area is 102 Å². The highest BCUT2D eigenvalue weighted by atomic mass is 32.2. The molecule has 1 aromatic rings. The largest absolute Gasteiger partial charge is 0.383 e. The summed E-state index contributed by atoms with van der Waals surface area (Å²) >= 11 is 0. The van der Waals surface area contributed by atoms with E-state index in [1.807, 2.05) is 0 Å². The number of hydrogen-bond donors (Lipinski definition) is 2. The van der Waals surface area contributed by atoms with Crippen LogP contribution in [-0.2, 0) is 28.4 Å². The van der Waals surface area contributed by atoms with E-state index in [4.69, 9.17) is 10.5 Å².